The monoisotopic (exact) mass is 596 g/mol. The van der Waals surface area contributed by atoms with Crippen LogP contribution in [0.5, 0.6) is 0 Å². The van der Waals surface area contributed by atoms with Crippen molar-refractivity contribution in [1.82, 2.24) is 19.9 Å². The van der Waals surface area contributed by atoms with Gasteiger partial charge in [-0.25, -0.2) is 14.8 Å². The third kappa shape index (κ3) is 8.15. The van der Waals surface area contributed by atoms with Gasteiger partial charge in [-0.2, -0.15) is 0 Å². The number of aromatic nitrogens is 3. The summed E-state index contributed by atoms with van der Waals surface area (Å²) in [6.07, 6.45) is 4.57. The minimum absolute atomic E-state index is 0.186. The van der Waals surface area contributed by atoms with Crippen molar-refractivity contribution in [3.05, 3.63) is 95.9 Å². The predicted molar refractivity (Wildman–Crippen MR) is 168 cm³/mol. The van der Waals surface area contributed by atoms with Crippen molar-refractivity contribution in [3.8, 4) is 11.3 Å². The molecule has 2 aromatic carbocycles. The van der Waals surface area contributed by atoms with E-state index in [0.717, 1.165) is 60.8 Å². The van der Waals surface area contributed by atoms with Gasteiger partial charge in [0.2, 0.25) is 12.7 Å². The van der Waals surface area contributed by atoms with Crippen LogP contribution < -0.4 is 10.6 Å². The first-order valence-electron chi connectivity index (χ1n) is 14.7. The summed E-state index contributed by atoms with van der Waals surface area (Å²) in [7, 11) is 2.09. The average molecular weight is 597 g/mol. The molecule has 11 nitrogen and oxygen atoms in total. The number of benzene rings is 2. The third-order valence-corrected chi connectivity index (χ3v) is 7.65. The lowest BCUT2D eigenvalue weighted by molar-refractivity contribution is -0.929. The molecule has 0 saturated carbocycles. The molecule has 1 amide bonds. The lowest BCUT2D eigenvalue weighted by Gasteiger charge is -2.41. The molecule has 1 saturated heterocycles. The summed E-state index contributed by atoms with van der Waals surface area (Å²) in [6.45, 7) is 8.65. The normalized spacial score (nSPS) is 14.4. The van der Waals surface area contributed by atoms with E-state index in [1.54, 1.807) is 25.5 Å². The van der Waals surface area contributed by atoms with Gasteiger partial charge in [0.25, 0.3) is 5.91 Å². The standard InChI is InChI=1S/C33H37N7O4/c1-4-43-33(42)44-23-40(3)18-16-39(17-19-40)22-25-8-10-26(11-9-25)31(41)36-28-12-7-24(2)30(20-28)38-32-35-15-13-29(37-32)27-6-5-14-34-21-27/h5-15,20-21H,4,16-19,22-23H2,1-3H3,(H-,35,36,37,38,41)/p+1. The van der Waals surface area contributed by atoms with Crippen molar-refractivity contribution < 1.29 is 23.5 Å². The highest BCUT2D eigenvalue weighted by molar-refractivity contribution is 6.04. The number of nitrogens with one attached hydrogen (secondary N) is 2. The van der Waals surface area contributed by atoms with Gasteiger partial charge in [-0.15, -0.1) is 0 Å². The fourth-order valence-electron chi connectivity index (χ4n) is 4.92. The molecule has 0 spiro atoms. The number of anilines is 3. The number of carbonyl (C=O) groups excluding carboxylic acids is 2. The van der Waals surface area contributed by atoms with E-state index in [1.807, 2.05) is 67.6 Å². The second kappa shape index (κ2) is 14.1. The first-order chi connectivity index (χ1) is 21.3. The maximum absolute atomic E-state index is 13.1. The number of rotatable bonds is 10. The van der Waals surface area contributed by atoms with E-state index in [0.29, 0.717) is 35.0 Å². The Bertz CT molecular complexity index is 1570. The molecule has 3 heterocycles. The van der Waals surface area contributed by atoms with Gasteiger partial charge < -0.3 is 20.1 Å². The Kier molecular flexibility index (Phi) is 9.78. The van der Waals surface area contributed by atoms with Gasteiger partial charge in [0, 0.05) is 60.7 Å². The molecule has 44 heavy (non-hydrogen) atoms. The zero-order chi connectivity index (χ0) is 30.9. The highest BCUT2D eigenvalue weighted by Crippen LogP contribution is 2.25. The summed E-state index contributed by atoms with van der Waals surface area (Å²) in [5, 5.41) is 6.28. The topological polar surface area (TPSA) is 119 Å². The van der Waals surface area contributed by atoms with Crippen molar-refractivity contribution in [3.63, 3.8) is 0 Å². The Morgan fingerprint density at radius 3 is 2.52 bits per heavy atom. The van der Waals surface area contributed by atoms with Gasteiger partial charge in [0.15, 0.2) is 0 Å². The molecule has 228 valence electrons. The van der Waals surface area contributed by atoms with Crippen molar-refractivity contribution in [2.75, 3.05) is 57.2 Å². The van der Waals surface area contributed by atoms with Crippen LogP contribution in [0, 0.1) is 6.92 Å². The number of aryl methyl sites for hydroxylation is 1. The molecule has 2 N–H and O–H groups in total. The summed E-state index contributed by atoms with van der Waals surface area (Å²) in [4.78, 5) is 40.1. The first-order valence-corrected chi connectivity index (χ1v) is 14.7. The van der Waals surface area contributed by atoms with E-state index >= 15 is 0 Å². The molecule has 1 aliphatic heterocycles. The number of carbonyl (C=O) groups is 2. The highest BCUT2D eigenvalue weighted by Gasteiger charge is 2.30. The number of hydrogen-bond donors (Lipinski definition) is 2. The van der Waals surface area contributed by atoms with Crippen LogP contribution in [0.4, 0.5) is 22.1 Å². The number of nitrogens with zero attached hydrogens (tertiary/aromatic N) is 5. The third-order valence-electron chi connectivity index (χ3n) is 7.65. The van der Waals surface area contributed by atoms with Crippen molar-refractivity contribution >= 4 is 29.4 Å². The summed E-state index contributed by atoms with van der Waals surface area (Å²) in [5.74, 6) is 0.268. The molecule has 2 aromatic heterocycles. The van der Waals surface area contributed by atoms with Gasteiger partial charge in [-0.3, -0.25) is 19.2 Å². The second-order valence-corrected chi connectivity index (χ2v) is 11.1. The van der Waals surface area contributed by atoms with E-state index in [1.165, 1.54) is 0 Å². The number of likely N-dealkylation sites (N-methyl/N-ethyl adjacent to an activating group) is 1. The zero-order valence-electron chi connectivity index (χ0n) is 25.3. The highest BCUT2D eigenvalue weighted by atomic mass is 16.7. The van der Waals surface area contributed by atoms with Crippen LogP contribution in [0.2, 0.25) is 0 Å². The summed E-state index contributed by atoms with van der Waals surface area (Å²) < 4.78 is 10.8. The molecule has 1 fully saturated rings. The molecule has 1 aliphatic rings. The molecule has 11 heteroatoms. The van der Waals surface area contributed by atoms with Crippen LogP contribution in [0.15, 0.2) is 79.3 Å². The Morgan fingerprint density at radius 1 is 1.00 bits per heavy atom. The van der Waals surface area contributed by atoms with Gasteiger partial charge in [-0.1, -0.05) is 18.2 Å². The number of quaternary nitrogens is 1. The fourth-order valence-corrected chi connectivity index (χ4v) is 4.92. The number of piperazine rings is 1. The minimum Gasteiger partial charge on any atom is -0.434 e. The molecule has 5 rings (SSSR count). The first kappa shape index (κ1) is 30.6. The van der Waals surface area contributed by atoms with Crippen LogP contribution in [0.1, 0.15) is 28.4 Å². The van der Waals surface area contributed by atoms with E-state index in [9.17, 15) is 9.59 Å². The predicted octanol–water partition coefficient (Wildman–Crippen LogP) is 5.24. The van der Waals surface area contributed by atoms with Crippen molar-refractivity contribution in [1.29, 1.82) is 0 Å². The Morgan fingerprint density at radius 2 is 1.80 bits per heavy atom. The van der Waals surface area contributed by atoms with Gasteiger partial charge in [0.1, 0.15) is 0 Å². The number of pyridine rings is 1. The fraction of sp³-hybridized carbons (Fsp3) is 0.303. The molecular weight excluding hydrogens is 558 g/mol. The van der Waals surface area contributed by atoms with E-state index in [2.05, 4.69) is 37.5 Å². The second-order valence-electron chi connectivity index (χ2n) is 11.1. The number of ether oxygens (including phenoxy) is 2. The van der Waals surface area contributed by atoms with Crippen molar-refractivity contribution in [2.45, 2.75) is 20.4 Å². The maximum Gasteiger partial charge on any atom is 0.512 e. The molecule has 0 radical (unpaired) electrons. The van der Waals surface area contributed by atoms with E-state index < -0.39 is 6.16 Å². The van der Waals surface area contributed by atoms with Crippen LogP contribution in [0.25, 0.3) is 11.3 Å². The zero-order valence-corrected chi connectivity index (χ0v) is 25.3. The number of amides is 1. The molecule has 0 atom stereocenters. The molecule has 4 aromatic rings. The molecule has 0 unspecified atom stereocenters. The Balaban J connectivity index is 1.14. The van der Waals surface area contributed by atoms with E-state index in [4.69, 9.17) is 9.47 Å². The van der Waals surface area contributed by atoms with Gasteiger partial charge >= 0.3 is 6.16 Å². The SMILES string of the molecule is CCOC(=O)OC[N+]1(C)CCN(Cc2ccc(C(=O)Nc3ccc(C)c(Nc4nccc(-c5cccnc5)n4)c3)cc2)CC1. The minimum atomic E-state index is -0.615. The van der Waals surface area contributed by atoms with Crippen LogP contribution in [-0.2, 0) is 16.0 Å². The lowest BCUT2D eigenvalue weighted by Crippen LogP contribution is -2.58. The molecule has 0 bridgehead atoms. The summed E-state index contributed by atoms with van der Waals surface area (Å²) in [5.41, 5.74) is 5.83. The molecular formula is C33H38N7O4+. The summed E-state index contributed by atoms with van der Waals surface area (Å²) >= 11 is 0. The number of hydrogen-bond acceptors (Lipinski definition) is 9. The van der Waals surface area contributed by atoms with Crippen molar-refractivity contribution in [2.24, 2.45) is 0 Å². The largest absolute Gasteiger partial charge is 0.512 e. The van der Waals surface area contributed by atoms with Gasteiger partial charge in [-0.05, 0) is 67.4 Å². The van der Waals surface area contributed by atoms with Crippen LogP contribution in [-0.4, -0.2) is 83.0 Å². The van der Waals surface area contributed by atoms with Gasteiger partial charge in [0.05, 0.1) is 32.4 Å². The molecule has 0 aliphatic carbocycles. The maximum atomic E-state index is 13.1. The smallest absolute Gasteiger partial charge is 0.434 e. The van der Waals surface area contributed by atoms with Crippen LogP contribution >= 0.6 is 0 Å². The average Bonchev–Trinajstić information content (AvgIpc) is 3.04. The quantitative estimate of drug-likeness (QED) is 0.187. The Labute approximate surface area is 257 Å². The lowest BCUT2D eigenvalue weighted by atomic mass is 10.1. The van der Waals surface area contributed by atoms with E-state index in [-0.39, 0.29) is 5.91 Å². The Hall–Kier alpha value is -4.87. The van der Waals surface area contributed by atoms with Crippen LogP contribution in [0.3, 0.4) is 0 Å². The summed E-state index contributed by atoms with van der Waals surface area (Å²) in [6, 6.07) is 19.0.